The monoisotopic (exact) mass is 394 g/mol. The van der Waals surface area contributed by atoms with Crippen LogP contribution in [0.2, 0.25) is 0 Å². The van der Waals surface area contributed by atoms with E-state index >= 15 is 0 Å². The summed E-state index contributed by atoms with van der Waals surface area (Å²) in [4.78, 5) is 46.8. The van der Waals surface area contributed by atoms with Crippen LogP contribution in [-0.4, -0.2) is 38.6 Å². The lowest BCUT2D eigenvalue weighted by molar-refractivity contribution is -0.136. The van der Waals surface area contributed by atoms with Crippen molar-refractivity contribution in [2.75, 3.05) is 5.32 Å². The molecule has 4 rings (SSSR count). The lowest BCUT2D eigenvalue weighted by Gasteiger charge is -2.29. The number of hydrogen-bond acceptors (Lipinski definition) is 7. The lowest BCUT2D eigenvalue weighted by atomic mass is 10.0. The van der Waals surface area contributed by atoms with Crippen molar-refractivity contribution >= 4 is 23.4 Å². The Morgan fingerprint density at radius 1 is 1.31 bits per heavy atom. The second-order valence-corrected chi connectivity index (χ2v) is 7.19. The highest BCUT2D eigenvalue weighted by molar-refractivity contribution is 6.06. The van der Waals surface area contributed by atoms with Crippen molar-refractivity contribution in [3.05, 3.63) is 52.6 Å². The van der Waals surface area contributed by atoms with Gasteiger partial charge < -0.3 is 16.0 Å². The summed E-state index contributed by atoms with van der Waals surface area (Å²) in [5, 5.41) is 5.60. The molecule has 1 unspecified atom stereocenters. The highest BCUT2D eigenvalue weighted by Gasteiger charge is 2.39. The smallest absolute Gasteiger partial charge is 0.255 e. The number of nitrogens with one attached hydrogen (secondary N) is 2. The number of benzene rings is 1. The van der Waals surface area contributed by atoms with E-state index in [1.807, 2.05) is 25.1 Å². The molecule has 9 heteroatoms. The number of piperidine rings is 1. The van der Waals surface area contributed by atoms with Gasteiger partial charge >= 0.3 is 0 Å². The largest absolute Gasteiger partial charge is 0.378 e. The summed E-state index contributed by atoms with van der Waals surface area (Å²) in [6, 6.07) is 5.07. The van der Waals surface area contributed by atoms with E-state index in [0.29, 0.717) is 30.9 Å². The van der Waals surface area contributed by atoms with Crippen molar-refractivity contribution < 1.29 is 14.4 Å². The van der Waals surface area contributed by atoms with Crippen LogP contribution in [0.5, 0.6) is 0 Å². The van der Waals surface area contributed by atoms with Crippen molar-refractivity contribution in [2.45, 2.75) is 45.4 Å². The predicted octanol–water partition coefficient (Wildman–Crippen LogP) is 0.617. The number of fused-ring (bicyclic) bond motifs is 1. The molecule has 4 N–H and O–H groups in total. The fraction of sp³-hybridized carbons (Fsp3) is 0.350. The van der Waals surface area contributed by atoms with Crippen molar-refractivity contribution in [3.63, 3.8) is 0 Å². The molecule has 0 aliphatic carbocycles. The van der Waals surface area contributed by atoms with E-state index in [4.69, 9.17) is 5.73 Å². The van der Waals surface area contributed by atoms with E-state index in [0.717, 1.165) is 22.5 Å². The minimum atomic E-state index is -0.618. The van der Waals surface area contributed by atoms with Crippen LogP contribution >= 0.6 is 0 Å². The Labute approximate surface area is 167 Å². The number of rotatable bonds is 5. The molecule has 1 atom stereocenters. The number of aromatic nitrogens is 2. The van der Waals surface area contributed by atoms with E-state index in [1.54, 1.807) is 11.1 Å². The Morgan fingerprint density at radius 3 is 2.86 bits per heavy atom. The van der Waals surface area contributed by atoms with Gasteiger partial charge in [-0.3, -0.25) is 19.7 Å². The van der Waals surface area contributed by atoms with Gasteiger partial charge in [0.25, 0.3) is 5.91 Å². The minimum absolute atomic E-state index is 0.182. The standard InChI is InChI=1S/C20H22N6O3/c1-11-14(9-23-16(7-21)24-11)22-8-12-3-2-4-13-10-26(20(29)18(12)13)15-5-6-17(27)25-19(15)28/h2-4,9,15,22H,5-8,10,21H2,1H3,(H,25,27,28). The number of imide groups is 1. The van der Waals surface area contributed by atoms with Crippen molar-refractivity contribution in [1.82, 2.24) is 20.2 Å². The zero-order valence-electron chi connectivity index (χ0n) is 16.1. The van der Waals surface area contributed by atoms with Gasteiger partial charge in [-0.2, -0.15) is 0 Å². The molecule has 1 aromatic carbocycles. The van der Waals surface area contributed by atoms with Crippen LogP contribution in [-0.2, 0) is 29.2 Å². The number of anilines is 1. The highest BCUT2D eigenvalue weighted by Crippen LogP contribution is 2.30. The van der Waals surface area contributed by atoms with Crippen LogP contribution in [0.3, 0.4) is 0 Å². The Kier molecular flexibility index (Phi) is 4.98. The van der Waals surface area contributed by atoms with Crippen molar-refractivity contribution in [2.24, 2.45) is 5.73 Å². The Morgan fingerprint density at radius 2 is 2.14 bits per heavy atom. The molecule has 0 saturated carbocycles. The van der Waals surface area contributed by atoms with E-state index in [1.165, 1.54) is 0 Å². The summed E-state index contributed by atoms with van der Waals surface area (Å²) in [7, 11) is 0. The van der Waals surface area contributed by atoms with Gasteiger partial charge in [0.15, 0.2) is 0 Å². The van der Waals surface area contributed by atoms with Gasteiger partial charge in [-0.15, -0.1) is 0 Å². The van der Waals surface area contributed by atoms with Crippen LogP contribution < -0.4 is 16.4 Å². The number of aryl methyl sites for hydroxylation is 1. The van der Waals surface area contributed by atoms with Gasteiger partial charge in [0.1, 0.15) is 11.9 Å². The Hall–Kier alpha value is -3.33. The molecule has 0 radical (unpaired) electrons. The molecule has 3 amide bonds. The average Bonchev–Trinajstić information content (AvgIpc) is 3.04. The van der Waals surface area contributed by atoms with Gasteiger partial charge in [-0.05, 0) is 24.5 Å². The molecule has 2 aliphatic heterocycles. The second kappa shape index (κ2) is 7.59. The fourth-order valence-electron chi connectivity index (χ4n) is 3.81. The minimum Gasteiger partial charge on any atom is -0.378 e. The molecule has 2 aliphatic rings. The van der Waals surface area contributed by atoms with E-state index in [9.17, 15) is 14.4 Å². The second-order valence-electron chi connectivity index (χ2n) is 7.19. The van der Waals surface area contributed by atoms with Crippen LogP contribution in [0.15, 0.2) is 24.4 Å². The normalized spacial score (nSPS) is 18.6. The molecular formula is C20H22N6O3. The van der Waals surface area contributed by atoms with E-state index in [-0.39, 0.29) is 24.8 Å². The number of carbonyl (C=O) groups is 3. The first kappa shape index (κ1) is 19.0. The molecule has 2 aromatic rings. The number of nitrogens with two attached hydrogens (primary N) is 1. The lowest BCUT2D eigenvalue weighted by Crippen LogP contribution is -2.52. The highest BCUT2D eigenvalue weighted by atomic mass is 16.2. The van der Waals surface area contributed by atoms with Crippen LogP contribution in [0.25, 0.3) is 0 Å². The number of hydrogen-bond donors (Lipinski definition) is 3. The predicted molar refractivity (Wildman–Crippen MR) is 104 cm³/mol. The van der Waals surface area contributed by atoms with E-state index < -0.39 is 11.9 Å². The van der Waals surface area contributed by atoms with Crippen LogP contribution in [0, 0.1) is 6.92 Å². The first-order chi connectivity index (χ1) is 14.0. The molecule has 0 spiro atoms. The summed E-state index contributed by atoms with van der Waals surface area (Å²) in [6.07, 6.45) is 2.27. The average molecular weight is 394 g/mol. The third-order valence-corrected chi connectivity index (χ3v) is 5.32. The number of amides is 3. The molecule has 1 fully saturated rings. The molecule has 150 valence electrons. The topological polar surface area (TPSA) is 130 Å². The zero-order chi connectivity index (χ0) is 20.5. The van der Waals surface area contributed by atoms with Gasteiger partial charge in [-0.1, -0.05) is 18.2 Å². The molecule has 29 heavy (non-hydrogen) atoms. The van der Waals surface area contributed by atoms with Crippen molar-refractivity contribution in [1.29, 1.82) is 0 Å². The first-order valence-corrected chi connectivity index (χ1v) is 9.50. The molecule has 9 nitrogen and oxygen atoms in total. The maximum absolute atomic E-state index is 13.1. The van der Waals surface area contributed by atoms with Gasteiger partial charge in [0.2, 0.25) is 11.8 Å². The van der Waals surface area contributed by atoms with E-state index in [2.05, 4.69) is 20.6 Å². The summed E-state index contributed by atoms with van der Waals surface area (Å²) in [5.41, 5.74) is 9.45. The van der Waals surface area contributed by atoms with Crippen LogP contribution in [0.4, 0.5) is 5.69 Å². The van der Waals surface area contributed by atoms with Gasteiger partial charge in [-0.25, -0.2) is 9.97 Å². The third kappa shape index (κ3) is 3.56. The maximum atomic E-state index is 13.1. The Balaban J connectivity index is 1.53. The quantitative estimate of drug-likeness (QED) is 0.634. The zero-order valence-corrected chi connectivity index (χ0v) is 16.1. The fourth-order valence-corrected chi connectivity index (χ4v) is 3.81. The molecule has 1 saturated heterocycles. The summed E-state index contributed by atoms with van der Waals surface area (Å²) < 4.78 is 0. The van der Waals surface area contributed by atoms with Gasteiger partial charge in [0.05, 0.1) is 24.1 Å². The Bertz CT molecular complexity index is 1010. The molecular weight excluding hydrogens is 372 g/mol. The van der Waals surface area contributed by atoms with Crippen molar-refractivity contribution in [3.8, 4) is 0 Å². The third-order valence-electron chi connectivity index (χ3n) is 5.32. The first-order valence-electron chi connectivity index (χ1n) is 9.50. The number of carbonyl (C=O) groups excluding carboxylic acids is 3. The molecule has 3 heterocycles. The maximum Gasteiger partial charge on any atom is 0.255 e. The summed E-state index contributed by atoms with van der Waals surface area (Å²) >= 11 is 0. The van der Waals surface area contributed by atoms with Crippen LogP contribution in [0.1, 0.15) is 45.8 Å². The molecule has 1 aromatic heterocycles. The summed E-state index contributed by atoms with van der Waals surface area (Å²) in [6.45, 7) is 2.93. The number of nitrogens with zero attached hydrogens (tertiary/aromatic N) is 3. The SMILES string of the molecule is Cc1nc(CN)ncc1NCc1cccc2c1C(=O)N(C1CCC(=O)NC1=O)C2. The molecule has 0 bridgehead atoms. The summed E-state index contributed by atoms with van der Waals surface area (Å²) in [5.74, 6) is -0.310. The van der Waals surface area contributed by atoms with Gasteiger partial charge in [0, 0.05) is 25.1 Å².